The Morgan fingerprint density at radius 1 is 1.20 bits per heavy atom. The van der Waals surface area contributed by atoms with E-state index in [1.807, 2.05) is 0 Å². The second-order valence-electron chi connectivity index (χ2n) is 2.97. The van der Waals surface area contributed by atoms with Crippen LogP contribution in [-0.4, -0.2) is 12.0 Å². The number of alkyl halides is 3. The summed E-state index contributed by atoms with van der Waals surface area (Å²) in [6.45, 7) is 0. The Kier molecular flexibility index (Phi) is 2.26. The number of hydrogen-bond acceptors (Lipinski definition) is 2. The summed E-state index contributed by atoms with van der Waals surface area (Å²) in [5.74, 6) is -1.78. The highest BCUT2D eigenvalue weighted by atomic mass is 32.1. The summed E-state index contributed by atoms with van der Waals surface area (Å²) in [5.41, 5.74) is -0.269. The predicted molar refractivity (Wildman–Crippen MR) is 52.2 cm³/mol. The molecule has 1 aromatic carbocycles. The van der Waals surface area contributed by atoms with Crippen LogP contribution in [0.5, 0.6) is 0 Å². The number of thiophene rings is 1. The number of halogens is 3. The zero-order valence-corrected chi connectivity index (χ0v) is 8.15. The lowest BCUT2D eigenvalue weighted by Gasteiger charge is -2.05. The molecule has 0 radical (unpaired) electrons. The molecule has 15 heavy (non-hydrogen) atoms. The molecule has 5 heteroatoms. The third-order valence-electron chi connectivity index (χ3n) is 1.98. The molecule has 0 aliphatic rings. The maximum Gasteiger partial charge on any atom is 0.454 e. The first-order valence-electron chi connectivity index (χ1n) is 4.08. The Bertz CT molecular complexity index is 513. The van der Waals surface area contributed by atoms with Gasteiger partial charge in [-0.3, -0.25) is 4.79 Å². The molecule has 78 valence electrons. The van der Waals surface area contributed by atoms with Gasteiger partial charge in [0.15, 0.2) is 0 Å². The molecule has 1 nitrogen and oxygen atoms in total. The molecule has 0 N–H and O–H groups in total. The molecular formula is C10H5F3OS. The molecule has 0 spiro atoms. The van der Waals surface area contributed by atoms with Crippen molar-refractivity contribution in [1.82, 2.24) is 0 Å². The number of rotatable bonds is 1. The minimum atomic E-state index is -4.81. The van der Waals surface area contributed by atoms with E-state index in [1.165, 1.54) is 12.1 Å². The van der Waals surface area contributed by atoms with Crippen LogP contribution in [0.2, 0.25) is 0 Å². The zero-order valence-electron chi connectivity index (χ0n) is 7.34. The Morgan fingerprint density at radius 3 is 2.60 bits per heavy atom. The molecule has 0 bridgehead atoms. The highest BCUT2D eigenvalue weighted by molar-refractivity contribution is 7.17. The number of carbonyl (C=O) groups is 1. The molecule has 0 fully saturated rings. The fraction of sp³-hybridized carbons (Fsp3) is 0.100. The lowest BCUT2D eigenvalue weighted by atomic mass is 10.1. The Balaban J connectivity index is 2.62. The van der Waals surface area contributed by atoms with Crippen molar-refractivity contribution in [2.45, 2.75) is 6.18 Å². The van der Waals surface area contributed by atoms with E-state index in [0.29, 0.717) is 10.1 Å². The molecule has 0 aliphatic heterocycles. The number of benzene rings is 1. The molecule has 0 amide bonds. The topological polar surface area (TPSA) is 17.1 Å². The average molecular weight is 230 g/mol. The second-order valence-corrected chi connectivity index (χ2v) is 3.89. The van der Waals surface area contributed by atoms with E-state index in [-0.39, 0.29) is 5.56 Å². The van der Waals surface area contributed by atoms with Crippen LogP contribution in [0.1, 0.15) is 10.4 Å². The molecule has 1 aromatic heterocycles. The van der Waals surface area contributed by atoms with E-state index in [9.17, 15) is 18.0 Å². The van der Waals surface area contributed by atoms with Gasteiger partial charge in [0.1, 0.15) is 0 Å². The van der Waals surface area contributed by atoms with Gasteiger partial charge >= 0.3 is 6.18 Å². The van der Waals surface area contributed by atoms with Crippen LogP contribution in [-0.2, 0) is 0 Å². The van der Waals surface area contributed by atoms with Gasteiger partial charge in [-0.05, 0) is 22.9 Å². The minimum absolute atomic E-state index is 0.269. The van der Waals surface area contributed by atoms with Crippen molar-refractivity contribution < 1.29 is 18.0 Å². The Morgan fingerprint density at radius 2 is 1.93 bits per heavy atom. The highest BCUT2D eigenvalue weighted by Crippen LogP contribution is 2.29. The monoisotopic (exact) mass is 230 g/mol. The van der Waals surface area contributed by atoms with Crippen molar-refractivity contribution in [2.24, 2.45) is 0 Å². The molecule has 0 unspecified atom stereocenters. The lowest BCUT2D eigenvalue weighted by Crippen LogP contribution is -2.22. The van der Waals surface area contributed by atoms with Crippen molar-refractivity contribution in [3.8, 4) is 0 Å². The zero-order chi connectivity index (χ0) is 11.1. The van der Waals surface area contributed by atoms with E-state index in [4.69, 9.17) is 0 Å². The fourth-order valence-electron chi connectivity index (χ4n) is 1.32. The first-order chi connectivity index (χ1) is 7.00. The van der Waals surface area contributed by atoms with E-state index >= 15 is 0 Å². The van der Waals surface area contributed by atoms with Gasteiger partial charge < -0.3 is 0 Å². The molecule has 0 aliphatic carbocycles. The maximum atomic E-state index is 12.2. The number of fused-ring (bicyclic) bond motifs is 1. The van der Waals surface area contributed by atoms with Gasteiger partial charge in [-0.2, -0.15) is 13.2 Å². The van der Waals surface area contributed by atoms with E-state index in [2.05, 4.69) is 0 Å². The smallest absolute Gasteiger partial charge is 0.284 e. The molecule has 2 aromatic rings. The second kappa shape index (κ2) is 3.34. The number of Topliss-reactive ketones (excluding diaryl/α,β-unsaturated/α-hetero) is 1. The van der Waals surface area contributed by atoms with Crippen LogP contribution in [0, 0.1) is 0 Å². The van der Waals surface area contributed by atoms with Crippen molar-refractivity contribution in [3.05, 3.63) is 35.2 Å². The van der Waals surface area contributed by atoms with Crippen LogP contribution >= 0.6 is 11.3 Å². The summed E-state index contributed by atoms with van der Waals surface area (Å²) in [5, 5.41) is 2.33. The summed E-state index contributed by atoms with van der Waals surface area (Å²) < 4.78 is 37.1. The van der Waals surface area contributed by atoms with Crippen LogP contribution in [0.15, 0.2) is 29.6 Å². The van der Waals surface area contributed by atoms with Gasteiger partial charge in [-0.1, -0.05) is 12.1 Å². The number of carbonyl (C=O) groups excluding carboxylic acids is 1. The minimum Gasteiger partial charge on any atom is -0.284 e. The van der Waals surface area contributed by atoms with Gasteiger partial charge in [0.25, 0.3) is 5.78 Å². The normalized spacial score (nSPS) is 11.9. The first kappa shape index (κ1) is 10.2. The van der Waals surface area contributed by atoms with E-state index in [1.54, 1.807) is 17.5 Å². The maximum absolute atomic E-state index is 12.2. The molecular weight excluding hydrogens is 225 g/mol. The van der Waals surface area contributed by atoms with Crippen LogP contribution in [0.4, 0.5) is 13.2 Å². The van der Waals surface area contributed by atoms with E-state index in [0.717, 1.165) is 11.3 Å². The third kappa shape index (κ3) is 1.74. The summed E-state index contributed by atoms with van der Waals surface area (Å²) in [4.78, 5) is 11.1. The Hall–Kier alpha value is -1.36. The third-order valence-corrected chi connectivity index (χ3v) is 2.94. The standard InChI is InChI=1S/C10H5F3OS/c11-10(12,13)9(14)7-3-1-2-6-4-5-15-8(6)7/h1-5H. The molecule has 0 atom stereocenters. The van der Waals surface area contributed by atoms with Crippen molar-refractivity contribution >= 4 is 27.2 Å². The van der Waals surface area contributed by atoms with E-state index < -0.39 is 12.0 Å². The summed E-state index contributed by atoms with van der Waals surface area (Å²) in [6.07, 6.45) is -4.81. The Labute approximate surface area is 87.1 Å². The first-order valence-corrected chi connectivity index (χ1v) is 4.96. The van der Waals surface area contributed by atoms with Crippen LogP contribution in [0.3, 0.4) is 0 Å². The predicted octanol–water partition coefficient (Wildman–Crippen LogP) is 3.65. The van der Waals surface area contributed by atoms with Crippen LogP contribution < -0.4 is 0 Å². The highest BCUT2D eigenvalue weighted by Gasteiger charge is 2.40. The molecule has 2 rings (SSSR count). The summed E-state index contributed by atoms with van der Waals surface area (Å²) in [7, 11) is 0. The lowest BCUT2D eigenvalue weighted by molar-refractivity contribution is -0.0884. The van der Waals surface area contributed by atoms with Crippen molar-refractivity contribution in [2.75, 3.05) is 0 Å². The number of ketones is 1. The quantitative estimate of drug-likeness (QED) is 0.683. The SMILES string of the molecule is O=C(c1cccc2ccsc12)C(F)(F)F. The summed E-state index contributed by atoms with van der Waals surface area (Å²) >= 11 is 1.14. The average Bonchev–Trinajstić information content (AvgIpc) is 2.62. The largest absolute Gasteiger partial charge is 0.454 e. The van der Waals surface area contributed by atoms with Crippen molar-refractivity contribution in [1.29, 1.82) is 0 Å². The van der Waals surface area contributed by atoms with Crippen molar-refractivity contribution in [3.63, 3.8) is 0 Å². The van der Waals surface area contributed by atoms with Gasteiger partial charge in [-0.15, -0.1) is 11.3 Å². The van der Waals surface area contributed by atoms with Gasteiger partial charge in [0.2, 0.25) is 0 Å². The number of hydrogen-bond donors (Lipinski definition) is 0. The molecule has 0 saturated carbocycles. The van der Waals surface area contributed by atoms with Crippen LogP contribution in [0.25, 0.3) is 10.1 Å². The fourth-order valence-corrected chi connectivity index (χ4v) is 2.24. The van der Waals surface area contributed by atoms with Gasteiger partial charge in [-0.25, -0.2) is 0 Å². The molecule has 0 saturated heterocycles. The van der Waals surface area contributed by atoms with Gasteiger partial charge in [0.05, 0.1) is 0 Å². The molecule has 1 heterocycles. The summed E-state index contributed by atoms with van der Waals surface area (Å²) in [6, 6.07) is 6.02. The van der Waals surface area contributed by atoms with Gasteiger partial charge in [0, 0.05) is 10.3 Å².